The van der Waals surface area contributed by atoms with Crippen molar-refractivity contribution >= 4 is 11.9 Å². The van der Waals surface area contributed by atoms with Gasteiger partial charge < -0.3 is 14.6 Å². The summed E-state index contributed by atoms with van der Waals surface area (Å²) in [5.74, 6) is -1.67. The Labute approximate surface area is 80.3 Å². The molecule has 0 saturated carbocycles. The van der Waals surface area contributed by atoms with Gasteiger partial charge in [0.15, 0.2) is 0 Å². The van der Waals surface area contributed by atoms with E-state index in [2.05, 4.69) is 4.74 Å². The molecule has 2 bridgehead atoms. The zero-order valence-electron chi connectivity index (χ0n) is 7.65. The van der Waals surface area contributed by atoms with Crippen molar-refractivity contribution in [2.24, 2.45) is 0 Å². The van der Waals surface area contributed by atoms with Crippen LogP contribution in [-0.2, 0) is 19.1 Å². The summed E-state index contributed by atoms with van der Waals surface area (Å²) in [7, 11) is 1.24. The van der Waals surface area contributed by atoms with E-state index in [9.17, 15) is 9.59 Å². The standard InChI is InChI=1S/C9H10O5/c1-13-9(12)7-5-3-2-4(14-5)6(7)8(10)11/h4-5H,2-3H2,1H3,(H,10,11). The van der Waals surface area contributed by atoms with Crippen molar-refractivity contribution in [2.75, 3.05) is 7.11 Å². The van der Waals surface area contributed by atoms with Crippen LogP contribution in [0.1, 0.15) is 12.8 Å². The van der Waals surface area contributed by atoms with Crippen molar-refractivity contribution in [3.05, 3.63) is 11.1 Å². The van der Waals surface area contributed by atoms with E-state index in [1.807, 2.05) is 0 Å². The molecule has 0 aliphatic carbocycles. The number of hydrogen-bond donors (Lipinski definition) is 1. The van der Waals surface area contributed by atoms with Gasteiger partial charge in [-0.1, -0.05) is 0 Å². The summed E-state index contributed by atoms with van der Waals surface area (Å²) in [6.07, 6.45) is 0.573. The molecule has 1 N–H and O–H groups in total. The summed E-state index contributed by atoms with van der Waals surface area (Å²) in [6, 6.07) is 0. The molecule has 2 rings (SSSR count). The van der Waals surface area contributed by atoms with E-state index < -0.39 is 18.0 Å². The van der Waals surface area contributed by atoms with Gasteiger partial charge in [-0.15, -0.1) is 0 Å². The number of rotatable bonds is 2. The summed E-state index contributed by atoms with van der Waals surface area (Å²) in [5, 5.41) is 8.90. The molecule has 2 unspecified atom stereocenters. The fourth-order valence-corrected chi connectivity index (χ4v) is 2.01. The molecule has 14 heavy (non-hydrogen) atoms. The number of carboxylic acids is 1. The lowest BCUT2D eigenvalue weighted by Gasteiger charge is -2.11. The molecule has 5 nitrogen and oxygen atoms in total. The number of aliphatic carboxylic acids is 1. The lowest BCUT2D eigenvalue weighted by molar-refractivity contribution is -0.138. The molecule has 0 amide bonds. The van der Waals surface area contributed by atoms with Crippen LogP contribution in [-0.4, -0.2) is 36.4 Å². The third kappa shape index (κ3) is 1.13. The molecule has 2 atom stereocenters. The highest BCUT2D eigenvalue weighted by molar-refractivity contribution is 6.02. The van der Waals surface area contributed by atoms with E-state index in [4.69, 9.17) is 9.84 Å². The van der Waals surface area contributed by atoms with E-state index >= 15 is 0 Å². The highest BCUT2D eigenvalue weighted by atomic mass is 16.5. The summed E-state index contributed by atoms with van der Waals surface area (Å²) < 4.78 is 9.85. The minimum atomic E-state index is -1.09. The van der Waals surface area contributed by atoms with Crippen molar-refractivity contribution < 1.29 is 24.2 Å². The van der Waals surface area contributed by atoms with E-state index in [-0.39, 0.29) is 17.3 Å². The molecule has 0 aromatic carbocycles. The van der Waals surface area contributed by atoms with Crippen LogP contribution in [0.5, 0.6) is 0 Å². The first-order valence-corrected chi connectivity index (χ1v) is 4.36. The Morgan fingerprint density at radius 2 is 1.93 bits per heavy atom. The lowest BCUT2D eigenvalue weighted by atomic mass is 9.92. The minimum absolute atomic E-state index is 0.0769. The number of esters is 1. The number of methoxy groups -OCH3 is 1. The van der Waals surface area contributed by atoms with Crippen LogP contribution < -0.4 is 0 Å². The van der Waals surface area contributed by atoms with Gasteiger partial charge in [-0.25, -0.2) is 9.59 Å². The van der Waals surface area contributed by atoms with Gasteiger partial charge in [-0.2, -0.15) is 0 Å². The van der Waals surface area contributed by atoms with Crippen molar-refractivity contribution in [3.8, 4) is 0 Å². The summed E-state index contributed by atoms with van der Waals surface area (Å²) in [4.78, 5) is 22.2. The summed E-state index contributed by atoms with van der Waals surface area (Å²) in [6.45, 7) is 0. The second kappa shape index (κ2) is 3.09. The largest absolute Gasteiger partial charge is 0.478 e. The van der Waals surface area contributed by atoms with Crippen LogP contribution in [0.15, 0.2) is 11.1 Å². The number of ether oxygens (including phenoxy) is 2. The Morgan fingerprint density at radius 1 is 1.36 bits per heavy atom. The predicted molar refractivity (Wildman–Crippen MR) is 44.6 cm³/mol. The molecule has 2 heterocycles. The van der Waals surface area contributed by atoms with Crippen LogP contribution in [0.3, 0.4) is 0 Å². The Bertz CT molecular complexity index is 330. The van der Waals surface area contributed by atoms with Gasteiger partial charge in [-0.05, 0) is 12.8 Å². The first-order valence-electron chi connectivity index (χ1n) is 4.36. The Morgan fingerprint density at radius 3 is 2.43 bits per heavy atom. The van der Waals surface area contributed by atoms with E-state index in [0.29, 0.717) is 12.8 Å². The molecule has 2 aliphatic heterocycles. The zero-order valence-corrected chi connectivity index (χ0v) is 7.65. The van der Waals surface area contributed by atoms with Gasteiger partial charge in [0.25, 0.3) is 0 Å². The van der Waals surface area contributed by atoms with Crippen molar-refractivity contribution in [1.29, 1.82) is 0 Å². The first kappa shape index (κ1) is 9.21. The quantitative estimate of drug-likeness (QED) is 0.637. The van der Waals surface area contributed by atoms with E-state index in [1.165, 1.54) is 7.11 Å². The topological polar surface area (TPSA) is 72.8 Å². The molecule has 1 fully saturated rings. The second-order valence-electron chi connectivity index (χ2n) is 3.31. The third-order valence-corrected chi connectivity index (χ3v) is 2.59. The molecule has 0 aromatic heterocycles. The maximum atomic E-state index is 11.3. The van der Waals surface area contributed by atoms with E-state index in [1.54, 1.807) is 0 Å². The molecule has 76 valence electrons. The fourth-order valence-electron chi connectivity index (χ4n) is 2.01. The van der Waals surface area contributed by atoms with Gasteiger partial charge in [-0.3, -0.25) is 0 Å². The summed E-state index contributed by atoms with van der Waals surface area (Å²) >= 11 is 0. The average Bonchev–Trinajstić information content (AvgIpc) is 2.74. The van der Waals surface area contributed by atoms with Gasteiger partial charge in [0.2, 0.25) is 0 Å². The van der Waals surface area contributed by atoms with Gasteiger partial charge >= 0.3 is 11.9 Å². The van der Waals surface area contributed by atoms with Gasteiger partial charge in [0.1, 0.15) is 0 Å². The van der Waals surface area contributed by atoms with E-state index in [0.717, 1.165) is 0 Å². The molecular weight excluding hydrogens is 188 g/mol. The minimum Gasteiger partial charge on any atom is -0.478 e. The number of carbonyl (C=O) groups excluding carboxylic acids is 1. The first-order chi connectivity index (χ1) is 6.65. The second-order valence-corrected chi connectivity index (χ2v) is 3.31. The molecular formula is C9H10O5. The highest BCUT2D eigenvalue weighted by Crippen LogP contribution is 2.39. The van der Waals surface area contributed by atoms with Crippen LogP contribution in [0.25, 0.3) is 0 Å². The van der Waals surface area contributed by atoms with Crippen molar-refractivity contribution in [2.45, 2.75) is 25.0 Å². The number of fused-ring (bicyclic) bond motifs is 2. The molecule has 1 saturated heterocycles. The van der Waals surface area contributed by atoms with Crippen LogP contribution >= 0.6 is 0 Å². The van der Waals surface area contributed by atoms with Crippen LogP contribution in [0, 0.1) is 0 Å². The molecule has 0 aromatic rings. The SMILES string of the molecule is COC(=O)C1=C(C(=O)O)C2CCC1O2. The fraction of sp³-hybridized carbons (Fsp3) is 0.556. The third-order valence-electron chi connectivity index (χ3n) is 2.59. The molecule has 5 heteroatoms. The molecule has 0 radical (unpaired) electrons. The average molecular weight is 198 g/mol. The Balaban J connectivity index is 2.41. The van der Waals surface area contributed by atoms with Crippen LogP contribution in [0.2, 0.25) is 0 Å². The molecule has 2 aliphatic rings. The molecule has 0 spiro atoms. The maximum absolute atomic E-state index is 11.3. The number of hydrogen-bond acceptors (Lipinski definition) is 4. The monoisotopic (exact) mass is 198 g/mol. The summed E-state index contributed by atoms with van der Waals surface area (Å²) in [5.41, 5.74) is 0.268. The Hall–Kier alpha value is -1.36. The van der Waals surface area contributed by atoms with Crippen molar-refractivity contribution in [3.63, 3.8) is 0 Å². The Kier molecular flexibility index (Phi) is 2.03. The van der Waals surface area contributed by atoms with Gasteiger partial charge in [0.05, 0.1) is 30.5 Å². The number of carboxylic acid groups (broad SMARTS) is 1. The van der Waals surface area contributed by atoms with Crippen molar-refractivity contribution in [1.82, 2.24) is 0 Å². The van der Waals surface area contributed by atoms with Crippen LogP contribution in [0.4, 0.5) is 0 Å². The number of carbonyl (C=O) groups is 2. The maximum Gasteiger partial charge on any atom is 0.337 e. The lowest BCUT2D eigenvalue weighted by Crippen LogP contribution is -2.22. The van der Waals surface area contributed by atoms with Gasteiger partial charge in [0, 0.05) is 0 Å². The smallest absolute Gasteiger partial charge is 0.337 e. The highest BCUT2D eigenvalue weighted by Gasteiger charge is 2.46. The normalized spacial score (nSPS) is 29.5. The predicted octanol–water partition coefficient (Wildman–Crippen LogP) is 0.102. The zero-order chi connectivity index (χ0) is 10.3.